The van der Waals surface area contributed by atoms with Gasteiger partial charge in [0.15, 0.2) is 0 Å². The van der Waals surface area contributed by atoms with Crippen molar-refractivity contribution in [3.8, 4) is 0 Å². The summed E-state index contributed by atoms with van der Waals surface area (Å²) in [5.41, 5.74) is 5.96. The van der Waals surface area contributed by atoms with Crippen molar-refractivity contribution < 1.29 is 4.79 Å². The molecule has 4 heteroatoms. The van der Waals surface area contributed by atoms with Crippen molar-refractivity contribution in [1.82, 2.24) is 9.80 Å². The molecule has 122 valence electrons. The van der Waals surface area contributed by atoms with Gasteiger partial charge in [-0.25, -0.2) is 0 Å². The van der Waals surface area contributed by atoms with Crippen molar-refractivity contribution in [2.24, 2.45) is 17.6 Å². The van der Waals surface area contributed by atoms with Crippen molar-refractivity contribution in [1.29, 1.82) is 0 Å². The Morgan fingerprint density at radius 1 is 1.10 bits per heavy atom. The monoisotopic (exact) mass is 295 g/mol. The largest absolute Gasteiger partial charge is 0.343 e. The zero-order valence-electron chi connectivity index (χ0n) is 13.9. The van der Waals surface area contributed by atoms with Crippen LogP contribution in [0, 0.1) is 11.8 Å². The molecule has 1 atom stereocenters. The zero-order chi connectivity index (χ0) is 15.2. The van der Waals surface area contributed by atoms with Crippen molar-refractivity contribution in [3.05, 3.63) is 0 Å². The second-order valence-corrected chi connectivity index (χ2v) is 7.15. The Morgan fingerprint density at radius 3 is 2.24 bits per heavy atom. The minimum Gasteiger partial charge on any atom is -0.343 e. The van der Waals surface area contributed by atoms with E-state index in [1.165, 1.54) is 32.1 Å². The van der Waals surface area contributed by atoms with Gasteiger partial charge in [-0.15, -0.1) is 0 Å². The maximum absolute atomic E-state index is 12.4. The number of piperidine rings is 2. The summed E-state index contributed by atoms with van der Waals surface area (Å²) in [7, 11) is 0. The van der Waals surface area contributed by atoms with E-state index < -0.39 is 0 Å². The fraction of sp³-hybridized carbons (Fsp3) is 0.941. The molecule has 2 aliphatic heterocycles. The molecule has 0 radical (unpaired) electrons. The number of rotatable bonds is 5. The number of hydrogen-bond donors (Lipinski definition) is 1. The van der Waals surface area contributed by atoms with Gasteiger partial charge < -0.3 is 10.6 Å². The van der Waals surface area contributed by atoms with Gasteiger partial charge >= 0.3 is 0 Å². The molecule has 1 unspecified atom stereocenters. The average molecular weight is 295 g/mol. The Hall–Kier alpha value is -0.610. The van der Waals surface area contributed by atoms with Crippen LogP contribution < -0.4 is 5.73 Å². The van der Waals surface area contributed by atoms with Crippen LogP contribution in [0.25, 0.3) is 0 Å². The molecule has 2 heterocycles. The fourth-order valence-electron chi connectivity index (χ4n) is 3.79. The lowest BCUT2D eigenvalue weighted by atomic mass is 9.86. The van der Waals surface area contributed by atoms with Gasteiger partial charge in [-0.05, 0) is 57.0 Å². The first-order valence-electron chi connectivity index (χ1n) is 8.83. The van der Waals surface area contributed by atoms with Gasteiger partial charge in [0.1, 0.15) is 0 Å². The van der Waals surface area contributed by atoms with Crippen LogP contribution in [-0.4, -0.2) is 54.5 Å². The van der Waals surface area contributed by atoms with E-state index in [1.807, 2.05) is 4.90 Å². The lowest BCUT2D eigenvalue weighted by molar-refractivity contribution is -0.133. The molecule has 0 bridgehead atoms. The summed E-state index contributed by atoms with van der Waals surface area (Å²) in [6.07, 6.45) is 6.73. The smallest absolute Gasteiger partial charge is 0.224 e. The topological polar surface area (TPSA) is 49.6 Å². The lowest BCUT2D eigenvalue weighted by Gasteiger charge is -2.39. The van der Waals surface area contributed by atoms with Crippen LogP contribution in [0.5, 0.6) is 0 Å². The van der Waals surface area contributed by atoms with Crippen LogP contribution in [-0.2, 0) is 4.79 Å². The first-order valence-corrected chi connectivity index (χ1v) is 8.83. The van der Waals surface area contributed by atoms with Crippen molar-refractivity contribution in [2.45, 2.75) is 58.4 Å². The predicted molar refractivity (Wildman–Crippen MR) is 87.0 cm³/mol. The minimum absolute atomic E-state index is 0.243. The van der Waals surface area contributed by atoms with Crippen LogP contribution in [0.15, 0.2) is 0 Å². The molecule has 0 saturated carbocycles. The van der Waals surface area contributed by atoms with Gasteiger partial charge in [-0.1, -0.05) is 13.8 Å². The van der Waals surface area contributed by atoms with E-state index in [9.17, 15) is 4.79 Å². The summed E-state index contributed by atoms with van der Waals surface area (Å²) in [6.45, 7) is 9.36. The van der Waals surface area contributed by atoms with Crippen LogP contribution in [0.3, 0.4) is 0 Å². The highest BCUT2D eigenvalue weighted by molar-refractivity contribution is 5.77. The molecule has 0 aromatic carbocycles. The standard InChI is InChI=1S/C17H33N3O/c1-14(2)15-6-10-19(11-7-15)16(13-18)12-17(21)20-8-4-3-5-9-20/h14-16H,3-13,18H2,1-2H3. The molecule has 0 spiro atoms. The van der Waals surface area contributed by atoms with Gasteiger partial charge in [0.25, 0.3) is 0 Å². The van der Waals surface area contributed by atoms with Crippen molar-refractivity contribution >= 4 is 5.91 Å². The average Bonchev–Trinajstić information content (AvgIpc) is 2.53. The SMILES string of the molecule is CC(C)C1CCN(C(CN)CC(=O)N2CCCCC2)CC1. The lowest BCUT2D eigenvalue weighted by Crippen LogP contribution is -2.48. The van der Waals surface area contributed by atoms with E-state index in [1.54, 1.807) is 0 Å². The molecule has 0 aliphatic carbocycles. The molecule has 2 fully saturated rings. The molecule has 1 amide bonds. The summed E-state index contributed by atoms with van der Waals surface area (Å²) < 4.78 is 0. The van der Waals surface area contributed by atoms with Gasteiger partial charge in [-0.3, -0.25) is 9.69 Å². The Kier molecular flexibility index (Phi) is 6.49. The Bertz CT molecular complexity index is 318. The Labute approximate surface area is 130 Å². The van der Waals surface area contributed by atoms with Crippen LogP contribution in [0.4, 0.5) is 0 Å². The third-order valence-corrected chi connectivity index (χ3v) is 5.42. The van der Waals surface area contributed by atoms with E-state index in [0.29, 0.717) is 18.9 Å². The van der Waals surface area contributed by atoms with Crippen molar-refractivity contribution in [2.75, 3.05) is 32.7 Å². The summed E-state index contributed by atoms with van der Waals surface area (Å²) in [6, 6.07) is 0.243. The molecule has 2 saturated heterocycles. The van der Waals surface area contributed by atoms with Crippen molar-refractivity contribution in [3.63, 3.8) is 0 Å². The number of carbonyl (C=O) groups is 1. The minimum atomic E-state index is 0.243. The van der Waals surface area contributed by atoms with Gasteiger partial charge in [0, 0.05) is 32.1 Å². The fourth-order valence-corrected chi connectivity index (χ4v) is 3.79. The number of amides is 1. The Balaban J connectivity index is 1.81. The third-order valence-electron chi connectivity index (χ3n) is 5.42. The van der Waals surface area contributed by atoms with E-state index in [-0.39, 0.29) is 6.04 Å². The summed E-state index contributed by atoms with van der Waals surface area (Å²) in [5.74, 6) is 1.94. The maximum atomic E-state index is 12.4. The number of carbonyl (C=O) groups excluding carboxylic acids is 1. The number of likely N-dealkylation sites (tertiary alicyclic amines) is 2. The summed E-state index contributed by atoms with van der Waals surface area (Å²) in [5, 5.41) is 0. The second kappa shape index (κ2) is 8.14. The molecule has 2 rings (SSSR count). The first-order chi connectivity index (χ1) is 10.1. The van der Waals surface area contributed by atoms with E-state index in [2.05, 4.69) is 18.7 Å². The first kappa shape index (κ1) is 16.8. The highest BCUT2D eigenvalue weighted by Crippen LogP contribution is 2.26. The third kappa shape index (κ3) is 4.68. The van der Waals surface area contributed by atoms with E-state index >= 15 is 0 Å². The van der Waals surface area contributed by atoms with Gasteiger partial charge in [-0.2, -0.15) is 0 Å². The normalized spacial score (nSPS) is 23.5. The van der Waals surface area contributed by atoms with E-state index in [4.69, 9.17) is 5.73 Å². The number of nitrogens with zero attached hydrogens (tertiary/aromatic N) is 2. The van der Waals surface area contributed by atoms with Crippen LogP contribution >= 0.6 is 0 Å². The maximum Gasteiger partial charge on any atom is 0.224 e. The molecule has 0 aromatic rings. The highest BCUT2D eigenvalue weighted by atomic mass is 16.2. The van der Waals surface area contributed by atoms with Crippen LogP contribution in [0.2, 0.25) is 0 Å². The summed E-state index contributed by atoms with van der Waals surface area (Å²) >= 11 is 0. The molecular weight excluding hydrogens is 262 g/mol. The molecule has 2 aliphatic rings. The summed E-state index contributed by atoms with van der Waals surface area (Å²) in [4.78, 5) is 16.9. The Morgan fingerprint density at radius 2 is 1.71 bits per heavy atom. The number of hydrogen-bond acceptors (Lipinski definition) is 3. The quantitative estimate of drug-likeness (QED) is 0.845. The number of nitrogens with two attached hydrogens (primary N) is 1. The van der Waals surface area contributed by atoms with Gasteiger partial charge in [0.2, 0.25) is 5.91 Å². The highest BCUT2D eigenvalue weighted by Gasteiger charge is 2.28. The molecule has 21 heavy (non-hydrogen) atoms. The molecule has 4 nitrogen and oxygen atoms in total. The molecule has 0 aromatic heterocycles. The predicted octanol–water partition coefficient (Wildman–Crippen LogP) is 2.08. The van der Waals surface area contributed by atoms with Gasteiger partial charge in [0.05, 0.1) is 0 Å². The van der Waals surface area contributed by atoms with Crippen LogP contribution in [0.1, 0.15) is 52.4 Å². The molecular formula is C17H33N3O. The van der Waals surface area contributed by atoms with E-state index in [0.717, 1.165) is 38.0 Å². The second-order valence-electron chi connectivity index (χ2n) is 7.15. The molecule has 2 N–H and O–H groups in total. The zero-order valence-corrected chi connectivity index (χ0v) is 13.9.